The third-order valence-electron chi connectivity index (χ3n) is 3.49. The summed E-state index contributed by atoms with van der Waals surface area (Å²) >= 11 is 0. The number of hydrogen-bond donors (Lipinski definition) is 2. The molecule has 2 aromatic rings. The summed E-state index contributed by atoms with van der Waals surface area (Å²) in [7, 11) is 0. The number of nitrogens with zero attached hydrogens (tertiary/aromatic N) is 2. The van der Waals surface area contributed by atoms with Crippen molar-refractivity contribution >= 4 is 17.4 Å². The van der Waals surface area contributed by atoms with Gasteiger partial charge >= 0.3 is 0 Å². The summed E-state index contributed by atoms with van der Waals surface area (Å²) < 4.78 is 11.2. The van der Waals surface area contributed by atoms with Crippen LogP contribution in [0.4, 0.5) is 11.5 Å². The van der Waals surface area contributed by atoms with E-state index in [0.717, 1.165) is 19.4 Å². The number of amides is 1. The molecule has 1 aliphatic rings. The molecule has 1 aromatic carbocycles. The van der Waals surface area contributed by atoms with Crippen LogP contribution in [0.2, 0.25) is 0 Å². The molecule has 0 aliphatic carbocycles. The number of carbonyl (C=O) groups is 1. The van der Waals surface area contributed by atoms with E-state index in [9.17, 15) is 4.79 Å². The van der Waals surface area contributed by atoms with E-state index in [1.54, 1.807) is 18.2 Å². The number of carbonyl (C=O) groups excluding carboxylic acids is 1. The highest BCUT2D eigenvalue weighted by Gasteiger charge is 2.16. The molecule has 7 nitrogen and oxygen atoms in total. The molecule has 1 atom stereocenters. The van der Waals surface area contributed by atoms with Gasteiger partial charge in [-0.05, 0) is 25.0 Å². The van der Waals surface area contributed by atoms with Crippen molar-refractivity contribution < 1.29 is 14.3 Å². The van der Waals surface area contributed by atoms with Gasteiger partial charge in [0.1, 0.15) is 12.4 Å². The van der Waals surface area contributed by atoms with E-state index in [0.29, 0.717) is 18.0 Å². The van der Waals surface area contributed by atoms with E-state index in [1.807, 2.05) is 6.07 Å². The summed E-state index contributed by atoms with van der Waals surface area (Å²) in [6.07, 6.45) is 5.09. The first-order valence-corrected chi connectivity index (χ1v) is 7.44. The summed E-state index contributed by atoms with van der Waals surface area (Å²) in [5.74, 6) is 0.355. The summed E-state index contributed by atoms with van der Waals surface area (Å²) in [6.45, 7) is 1.30. The lowest BCUT2D eigenvalue weighted by Gasteiger charge is -2.12. The third kappa shape index (κ3) is 3.95. The van der Waals surface area contributed by atoms with Crippen molar-refractivity contribution in [3.8, 4) is 5.75 Å². The topological polar surface area (TPSA) is 99.4 Å². The second-order valence-electron chi connectivity index (χ2n) is 5.22. The molecule has 1 aliphatic heterocycles. The van der Waals surface area contributed by atoms with Crippen LogP contribution in [0.5, 0.6) is 5.75 Å². The number of rotatable bonds is 5. The molecule has 0 spiro atoms. The van der Waals surface area contributed by atoms with Gasteiger partial charge in [-0.2, -0.15) is 0 Å². The van der Waals surface area contributed by atoms with E-state index in [1.165, 1.54) is 12.4 Å². The Morgan fingerprint density at radius 3 is 3.04 bits per heavy atom. The summed E-state index contributed by atoms with van der Waals surface area (Å²) in [4.78, 5) is 19.9. The van der Waals surface area contributed by atoms with Gasteiger partial charge in [-0.15, -0.1) is 0 Å². The van der Waals surface area contributed by atoms with Gasteiger partial charge in [0.25, 0.3) is 5.91 Å². The fourth-order valence-corrected chi connectivity index (χ4v) is 2.34. The second kappa shape index (κ2) is 7.06. The van der Waals surface area contributed by atoms with Gasteiger partial charge in [-0.1, -0.05) is 6.07 Å². The molecule has 120 valence electrons. The highest BCUT2D eigenvalue weighted by molar-refractivity contribution is 6.05. The quantitative estimate of drug-likeness (QED) is 0.874. The maximum absolute atomic E-state index is 12.2. The average Bonchev–Trinajstić information content (AvgIpc) is 3.07. The smallest absolute Gasteiger partial charge is 0.278 e. The molecule has 0 bridgehead atoms. The van der Waals surface area contributed by atoms with Gasteiger partial charge in [-0.3, -0.25) is 4.79 Å². The van der Waals surface area contributed by atoms with Crippen LogP contribution in [0.25, 0.3) is 0 Å². The minimum Gasteiger partial charge on any atom is -0.491 e. The molecule has 1 aromatic heterocycles. The van der Waals surface area contributed by atoms with Gasteiger partial charge in [0, 0.05) is 30.8 Å². The predicted molar refractivity (Wildman–Crippen MR) is 85.3 cm³/mol. The molecular weight excluding hydrogens is 296 g/mol. The zero-order chi connectivity index (χ0) is 16.1. The highest BCUT2D eigenvalue weighted by Crippen LogP contribution is 2.20. The number of ether oxygens (including phenoxy) is 2. The van der Waals surface area contributed by atoms with E-state index >= 15 is 0 Å². The first kappa shape index (κ1) is 15.2. The summed E-state index contributed by atoms with van der Waals surface area (Å²) in [5.41, 5.74) is 6.35. The summed E-state index contributed by atoms with van der Waals surface area (Å²) in [6, 6.07) is 7.16. The molecule has 1 fully saturated rings. The van der Waals surface area contributed by atoms with Crippen molar-refractivity contribution in [2.24, 2.45) is 0 Å². The predicted octanol–water partition coefficient (Wildman–Crippen LogP) is 1.87. The minimum atomic E-state index is -0.410. The van der Waals surface area contributed by atoms with Crippen LogP contribution in [0, 0.1) is 0 Å². The molecular formula is C16H18N4O3. The lowest BCUT2D eigenvalue weighted by Crippen LogP contribution is -2.17. The van der Waals surface area contributed by atoms with Crippen LogP contribution in [0.3, 0.4) is 0 Å². The zero-order valence-electron chi connectivity index (χ0n) is 12.6. The number of hydrogen-bond acceptors (Lipinski definition) is 6. The van der Waals surface area contributed by atoms with E-state index in [4.69, 9.17) is 15.2 Å². The molecule has 1 saturated heterocycles. The Morgan fingerprint density at radius 1 is 1.39 bits per heavy atom. The molecule has 0 unspecified atom stereocenters. The summed E-state index contributed by atoms with van der Waals surface area (Å²) in [5, 5.41) is 2.73. The van der Waals surface area contributed by atoms with Crippen molar-refractivity contribution in [1.29, 1.82) is 0 Å². The Morgan fingerprint density at radius 2 is 2.26 bits per heavy atom. The molecule has 1 amide bonds. The maximum atomic E-state index is 12.2. The Kier molecular flexibility index (Phi) is 4.68. The van der Waals surface area contributed by atoms with Gasteiger partial charge in [0.2, 0.25) is 0 Å². The zero-order valence-corrected chi connectivity index (χ0v) is 12.6. The number of anilines is 2. The first-order valence-electron chi connectivity index (χ1n) is 7.44. The monoisotopic (exact) mass is 314 g/mol. The highest BCUT2D eigenvalue weighted by atomic mass is 16.5. The van der Waals surface area contributed by atoms with Crippen LogP contribution in [-0.4, -0.2) is 35.2 Å². The standard InChI is InChI=1S/C16H18N4O3/c17-15-14(18-6-7-19-15)16(21)20-11-3-1-4-12(9-11)23-10-13-5-2-8-22-13/h1,3-4,6-7,9,13H,2,5,8,10H2,(H2,17,19)(H,20,21)/t13-/m1/s1. The number of nitrogen functional groups attached to an aromatic ring is 1. The van der Waals surface area contributed by atoms with Crippen molar-refractivity contribution in [3.63, 3.8) is 0 Å². The van der Waals surface area contributed by atoms with Crippen LogP contribution in [0.1, 0.15) is 23.3 Å². The van der Waals surface area contributed by atoms with Crippen LogP contribution in [0.15, 0.2) is 36.7 Å². The van der Waals surface area contributed by atoms with Crippen molar-refractivity contribution in [2.75, 3.05) is 24.3 Å². The van der Waals surface area contributed by atoms with E-state index in [2.05, 4.69) is 15.3 Å². The SMILES string of the molecule is Nc1nccnc1C(=O)Nc1cccc(OC[C@H]2CCCO2)c1. The number of nitrogens with two attached hydrogens (primary N) is 1. The largest absolute Gasteiger partial charge is 0.491 e. The normalized spacial score (nSPS) is 17.0. The van der Waals surface area contributed by atoms with Crippen LogP contribution in [-0.2, 0) is 4.74 Å². The molecule has 3 N–H and O–H groups in total. The lowest BCUT2D eigenvalue weighted by molar-refractivity contribution is 0.0680. The van der Waals surface area contributed by atoms with Crippen molar-refractivity contribution in [3.05, 3.63) is 42.4 Å². The van der Waals surface area contributed by atoms with Gasteiger partial charge in [0.15, 0.2) is 11.5 Å². The molecule has 23 heavy (non-hydrogen) atoms. The van der Waals surface area contributed by atoms with Gasteiger partial charge in [0.05, 0.1) is 6.10 Å². The van der Waals surface area contributed by atoms with Crippen LogP contribution < -0.4 is 15.8 Å². The number of benzene rings is 1. The number of aromatic nitrogens is 2. The van der Waals surface area contributed by atoms with Crippen LogP contribution >= 0.6 is 0 Å². The second-order valence-corrected chi connectivity index (χ2v) is 5.22. The van der Waals surface area contributed by atoms with Gasteiger partial charge in [-0.25, -0.2) is 9.97 Å². The number of nitrogens with one attached hydrogen (secondary N) is 1. The van der Waals surface area contributed by atoms with Gasteiger partial charge < -0.3 is 20.5 Å². The fourth-order valence-electron chi connectivity index (χ4n) is 2.34. The Bertz CT molecular complexity index is 687. The minimum absolute atomic E-state index is 0.0933. The Balaban J connectivity index is 1.63. The first-order chi connectivity index (χ1) is 11.2. The maximum Gasteiger partial charge on any atom is 0.278 e. The Hall–Kier alpha value is -2.67. The Labute approximate surface area is 133 Å². The molecule has 3 rings (SSSR count). The van der Waals surface area contributed by atoms with Crippen molar-refractivity contribution in [1.82, 2.24) is 9.97 Å². The fraction of sp³-hybridized carbons (Fsp3) is 0.312. The average molecular weight is 314 g/mol. The van der Waals surface area contributed by atoms with Crippen molar-refractivity contribution in [2.45, 2.75) is 18.9 Å². The third-order valence-corrected chi connectivity index (χ3v) is 3.49. The molecule has 0 radical (unpaired) electrons. The molecule has 0 saturated carbocycles. The molecule has 2 heterocycles. The lowest BCUT2D eigenvalue weighted by atomic mass is 10.2. The molecule has 7 heteroatoms. The van der Waals surface area contributed by atoms with E-state index < -0.39 is 5.91 Å². The van der Waals surface area contributed by atoms with E-state index in [-0.39, 0.29) is 17.6 Å².